The molecule has 0 heteroatoms. The predicted octanol–water partition coefficient (Wildman–Crippen LogP) is 5.06. The van der Waals surface area contributed by atoms with Gasteiger partial charge in [-0.05, 0) is 25.7 Å². The molecule has 0 aromatic carbocycles. The van der Waals surface area contributed by atoms with E-state index >= 15 is 0 Å². The number of hydrogen-bond acceptors (Lipinski definition) is 0. The molecule has 0 spiro atoms. The fraction of sp³-hybridized carbons (Fsp3) is 0.467. The molecule has 15 heavy (non-hydrogen) atoms. The zero-order chi connectivity index (χ0) is 11.9. The van der Waals surface area contributed by atoms with E-state index in [1.807, 2.05) is 12.2 Å². The van der Waals surface area contributed by atoms with Crippen molar-refractivity contribution in [2.75, 3.05) is 0 Å². The summed E-state index contributed by atoms with van der Waals surface area (Å²) in [6.45, 7) is 14.7. The molecule has 0 aromatic heterocycles. The van der Waals surface area contributed by atoms with Crippen LogP contribution < -0.4 is 0 Å². The molecule has 0 aliphatic carbocycles. The van der Waals surface area contributed by atoms with Crippen LogP contribution in [-0.2, 0) is 0 Å². The summed E-state index contributed by atoms with van der Waals surface area (Å²) in [6, 6.07) is 0. The highest BCUT2D eigenvalue weighted by Gasteiger charge is 2.10. The quantitative estimate of drug-likeness (QED) is 0.562. The second kappa shape index (κ2) is 6.44. The van der Waals surface area contributed by atoms with Gasteiger partial charge >= 0.3 is 0 Å². The van der Waals surface area contributed by atoms with Crippen LogP contribution in [0.1, 0.15) is 41.0 Å². The van der Waals surface area contributed by atoms with Gasteiger partial charge in [0.05, 0.1) is 0 Å². The van der Waals surface area contributed by atoms with Gasteiger partial charge in [-0.1, -0.05) is 68.9 Å². The van der Waals surface area contributed by atoms with Crippen LogP contribution in [0.3, 0.4) is 0 Å². The molecule has 0 nitrogen and oxygen atoms in total. The molecule has 0 saturated heterocycles. The normalized spacial score (nSPS) is 14.7. The lowest BCUT2D eigenvalue weighted by Crippen LogP contribution is -2.04. The Morgan fingerprint density at radius 1 is 1.13 bits per heavy atom. The number of hydrogen-bond donors (Lipinski definition) is 0. The van der Waals surface area contributed by atoms with Gasteiger partial charge in [0.2, 0.25) is 0 Å². The van der Waals surface area contributed by atoms with Gasteiger partial charge in [0.15, 0.2) is 0 Å². The van der Waals surface area contributed by atoms with Gasteiger partial charge < -0.3 is 0 Å². The van der Waals surface area contributed by atoms with Gasteiger partial charge in [0.25, 0.3) is 0 Å². The van der Waals surface area contributed by atoms with E-state index < -0.39 is 0 Å². The minimum Gasteiger partial charge on any atom is -0.0991 e. The lowest BCUT2D eigenvalue weighted by Gasteiger charge is -2.18. The molecule has 0 bridgehead atoms. The summed E-state index contributed by atoms with van der Waals surface area (Å²) in [6.07, 6.45) is 11.2. The largest absolute Gasteiger partial charge is 0.0991 e. The fourth-order valence-corrected chi connectivity index (χ4v) is 1.61. The Hall–Kier alpha value is -1.04. The molecule has 0 aromatic rings. The van der Waals surface area contributed by atoms with E-state index in [1.165, 1.54) is 11.1 Å². The number of allylic oxidation sites excluding steroid dienone is 7. The maximum Gasteiger partial charge on any atom is -0.0271 e. The monoisotopic (exact) mass is 204 g/mol. The third-order valence-corrected chi connectivity index (χ3v) is 1.89. The van der Waals surface area contributed by atoms with E-state index in [0.717, 1.165) is 6.42 Å². The first kappa shape index (κ1) is 14.0. The molecule has 0 fully saturated rings. The molecule has 0 N–H and O–H groups in total. The van der Waals surface area contributed by atoms with E-state index in [9.17, 15) is 0 Å². The molecule has 0 saturated carbocycles. The zero-order valence-electron chi connectivity index (χ0n) is 10.8. The van der Waals surface area contributed by atoms with Gasteiger partial charge in [0.1, 0.15) is 0 Å². The average molecular weight is 204 g/mol. The van der Waals surface area contributed by atoms with Crippen molar-refractivity contribution in [3.63, 3.8) is 0 Å². The van der Waals surface area contributed by atoms with E-state index in [4.69, 9.17) is 0 Å². The fourth-order valence-electron chi connectivity index (χ4n) is 1.61. The zero-order valence-corrected chi connectivity index (χ0v) is 10.8. The number of rotatable bonds is 4. The second-order valence-corrected chi connectivity index (χ2v) is 5.26. The summed E-state index contributed by atoms with van der Waals surface area (Å²) in [5.41, 5.74) is 3.09. The summed E-state index contributed by atoms with van der Waals surface area (Å²) >= 11 is 0. The predicted molar refractivity (Wildman–Crippen MR) is 70.9 cm³/mol. The standard InChI is InChI=1S/C15H24/c1-7-8-9-10-13(2)11-14(3)12-15(4,5)6/h7-11H,1,12H2,2-6H3/b9-8-,13-10-,14-11+. The molecule has 0 heterocycles. The minimum absolute atomic E-state index is 0.373. The molecule has 0 radical (unpaired) electrons. The minimum atomic E-state index is 0.373. The second-order valence-electron chi connectivity index (χ2n) is 5.26. The topological polar surface area (TPSA) is 0 Å². The molecule has 0 unspecified atom stereocenters. The molecule has 0 amide bonds. The first-order valence-electron chi connectivity index (χ1n) is 5.48. The van der Waals surface area contributed by atoms with E-state index in [2.05, 4.69) is 53.3 Å². The maximum absolute atomic E-state index is 3.64. The van der Waals surface area contributed by atoms with Gasteiger partial charge in [0, 0.05) is 0 Å². The van der Waals surface area contributed by atoms with Crippen molar-refractivity contribution >= 4 is 0 Å². The van der Waals surface area contributed by atoms with E-state index in [0.29, 0.717) is 5.41 Å². The van der Waals surface area contributed by atoms with Crippen LogP contribution >= 0.6 is 0 Å². The summed E-state index contributed by atoms with van der Waals surface area (Å²) in [7, 11) is 0. The Balaban J connectivity index is 4.41. The summed E-state index contributed by atoms with van der Waals surface area (Å²) in [4.78, 5) is 0. The average Bonchev–Trinajstić information content (AvgIpc) is 2.00. The lowest BCUT2D eigenvalue weighted by atomic mass is 9.88. The molecular weight excluding hydrogens is 180 g/mol. The Morgan fingerprint density at radius 3 is 2.20 bits per heavy atom. The van der Waals surface area contributed by atoms with Crippen LogP contribution in [0.25, 0.3) is 0 Å². The Morgan fingerprint density at radius 2 is 1.73 bits per heavy atom. The molecule has 84 valence electrons. The summed E-state index contributed by atoms with van der Waals surface area (Å²) < 4.78 is 0. The Labute approximate surface area is 95.1 Å². The summed E-state index contributed by atoms with van der Waals surface area (Å²) in [5.74, 6) is 0. The van der Waals surface area contributed by atoms with Crippen LogP contribution in [0, 0.1) is 5.41 Å². The highest BCUT2D eigenvalue weighted by molar-refractivity contribution is 5.26. The van der Waals surface area contributed by atoms with Crippen LogP contribution in [0.15, 0.2) is 48.1 Å². The summed E-state index contributed by atoms with van der Waals surface area (Å²) in [5, 5.41) is 0. The SMILES string of the molecule is C=C\C=C/C=C(C)\C=C(/C)CC(C)(C)C. The van der Waals surface area contributed by atoms with E-state index in [-0.39, 0.29) is 0 Å². The van der Waals surface area contributed by atoms with Crippen molar-refractivity contribution in [1.82, 2.24) is 0 Å². The molecule has 0 aliphatic rings. The van der Waals surface area contributed by atoms with Gasteiger partial charge in [-0.2, -0.15) is 0 Å². The first-order valence-corrected chi connectivity index (χ1v) is 5.48. The third kappa shape index (κ3) is 9.27. The van der Waals surface area contributed by atoms with Gasteiger partial charge in [-0.25, -0.2) is 0 Å². The van der Waals surface area contributed by atoms with Crippen molar-refractivity contribution in [2.45, 2.75) is 41.0 Å². The van der Waals surface area contributed by atoms with Crippen LogP contribution in [0.5, 0.6) is 0 Å². The Bertz CT molecular complexity index is 280. The van der Waals surface area contributed by atoms with Crippen molar-refractivity contribution in [2.24, 2.45) is 5.41 Å². The van der Waals surface area contributed by atoms with Crippen LogP contribution in [-0.4, -0.2) is 0 Å². The third-order valence-electron chi connectivity index (χ3n) is 1.89. The van der Waals surface area contributed by atoms with Crippen molar-refractivity contribution in [1.29, 1.82) is 0 Å². The lowest BCUT2D eigenvalue weighted by molar-refractivity contribution is 0.409. The molecule has 0 atom stereocenters. The van der Waals surface area contributed by atoms with Crippen LogP contribution in [0.4, 0.5) is 0 Å². The van der Waals surface area contributed by atoms with Crippen molar-refractivity contribution < 1.29 is 0 Å². The highest BCUT2D eigenvalue weighted by Crippen LogP contribution is 2.24. The molecular formula is C15H24. The van der Waals surface area contributed by atoms with Gasteiger partial charge in [-0.3, -0.25) is 0 Å². The van der Waals surface area contributed by atoms with Crippen molar-refractivity contribution in [3.8, 4) is 0 Å². The molecule has 0 aliphatic heterocycles. The van der Waals surface area contributed by atoms with Crippen LogP contribution in [0.2, 0.25) is 0 Å². The smallest absolute Gasteiger partial charge is 0.0271 e. The maximum atomic E-state index is 3.64. The highest BCUT2D eigenvalue weighted by atomic mass is 14.2. The first-order chi connectivity index (χ1) is 6.85. The molecule has 0 rings (SSSR count). The van der Waals surface area contributed by atoms with Gasteiger partial charge in [-0.15, -0.1) is 0 Å². The van der Waals surface area contributed by atoms with E-state index in [1.54, 1.807) is 6.08 Å². The Kier molecular flexibility index (Phi) is 6.00. The van der Waals surface area contributed by atoms with Crippen molar-refractivity contribution in [3.05, 3.63) is 48.1 Å².